The van der Waals surface area contributed by atoms with Crippen LogP contribution in [0.5, 0.6) is 0 Å². The van der Waals surface area contributed by atoms with Crippen LogP contribution in [0.4, 0.5) is 5.82 Å². The van der Waals surface area contributed by atoms with Gasteiger partial charge >= 0.3 is 0 Å². The number of benzene rings is 2. The zero-order chi connectivity index (χ0) is 18.3. The molecular formula is C19H17N5O2. The third-order valence-corrected chi connectivity index (χ3v) is 4.29. The number of hydrogen-bond donors (Lipinski definition) is 1. The van der Waals surface area contributed by atoms with E-state index in [1.165, 1.54) is 6.92 Å². The van der Waals surface area contributed by atoms with Gasteiger partial charge in [0.1, 0.15) is 6.54 Å². The molecule has 0 unspecified atom stereocenters. The lowest BCUT2D eigenvalue weighted by atomic mass is 10.2. The Labute approximate surface area is 149 Å². The zero-order valence-electron chi connectivity index (χ0n) is 14.4. The van der Waals surface area contributed by atoms with Gasteiger partial charge in [0.2, 0.25) is 5.91 Å². The predicted octanol–water partition coefficient (Wildman–Crippen LogP) is 2.76. The molecule has 0 aliphatic carbocycles. The van der Waals surface area contributed by atoms with Crippen molar-refractivity contribution in [3.05, 3.63) is 54.4 Å². The number of aryl methyl sites for hydroxylation is 1. The molecule has 4 rings (SSSR count). The number of rotatable bonds is 4. The highest BCUT2D eigenvalue weighted by molar-refractivity contribution is 6.01. The number of amides is 1. The largest absolute Gasteiger partial charge is 0.312 e. The SMILES string of the molecule is CC(=O)c1nc2ccccc2n1CC(=O)Nc1nn(C)c2ccccc12. The van der Waals surface area contributed by atoms with Crippen LogP contribution in [0.2, 0.25) is 0 Å². The van der Waals surface area contributed by atoms with E-state index in [0.29, 0.717) is 11.3 Å². The van der Waals surface area contributed by atoms with Gasteiger partial charge in [0.25, 0.3) is 0 Å². The lowest BCUT2D eigenvalue weighted by Crippen LogP contribution is -2.21. The summed E-state index contributed by atoms with van der Waals surface area (Å²) in [6, 6.07) is 15.0. The molecule has 0 aliphatic heterocycles. The first kappa shape index (κ1) is 16.0. The third-order valence-electron chi connectivity index (χ3n) is 4.29. The fourth-order valence-corrected chi connectivity index (χ4v) is 3.13. The van der Waals surface area contributed by atoms with Gasteiger partial charge in [-0.15, -0.1) is 0 Å². The lowest BCUT2D eigenvalue weighted by Gasteiger charge is -2.07. The highest BCUT2D eigenvalue weighted by Crippen LogP contribution is 2.22. The number of fused-ring (bicyclic) bond motifs is 2. The summed E-state index contributed by atoms with van der Waals surface area (Å²) in [5, 5.41) is 8.08. The summed E-state index contributed by atoms with van der Waals surface area (Å²) in [6.07, 6.45) is 0. The maximum Gasteiger partial charge on any atom is 0.245 e. The smallest absolute Gasteiger partial charge is 0.245 e. The second kappa shape index (κ2) is 6.11. The van der Waals surface area contributed by atoms with Crippen LogP contribution >= 0.6 is 0 Å². The highest BCUT2D eigenvalue weighted by atomic mass is 16.2. The van der Waals surface area contributed by atoms with Gasteiger partial charge in [0.05, 0.1) is 16.6 Å². The molecule has 0 bridgehead atoms. The highest BCUT2D eigenvalue weighted by Gasteiger charge is 2.18. The maximum absolute atomic E-state index is 12.6. The average molecular weight is 347 g/mol. The monoisotopic (exact) mass is 347 g/mol. The fourth-order valence-electron chi connectivity index (χ4n) is 3.13. The first-order valence-electron chi connectivity index (χ1n) is 8.22. The lowest BCUT2D eigenvalue weighted by molar-refractivity contribution is -0.116. The maximum atomic E-state index is 12.6. The minimum atomic E-state index is -0.264. The van der Waals surface area contributed by atoms with Gasteiger partial charge < -0.3 is 9.88 Å². The molecule has 7 heteroatoms. The van der Waals surface area contributed by atoms with E-state index < -0.39 is 0 Å². The van der Waals surface area contributed by atoms with Crippen molar-refractivity contribution in [2.24, 2.45) is 7.05 Å². The van der Waals surface area contributed by atoms with Crippen LogP contribution in [-0.2, 0) is 18.4 Å². The predicted molar refractivity (Wildman–Crippen MR) is 99.1 cm³/mol. The van der Waals surface area contributed by atoms with Crippen LogP contribution in [-0.4, -0.2) is 31.0 Å². The molecule has 0 spiro atoms. The number of Topliss-reactive ketones (excluding diaryl/α,β-unsaturated/α-hetero) is 1. The number of nitrogens with one attached hydrogen (secondary N) is 1. The minimum Gasteiger partial charge on any atom is -0.312 e. The summed E-state index contributed by atoms with van der Waals surface area (Å²) in [6.45, 7) is 1.43. The summed E-state index contributed by atoms with van der Waals surface area (Å²) in [4.78, 5) is 28.9. The number of imidazole rings is 1. The molecule has 4 aromatic rings. The Morgan fingerprint density at radius 2 is 1.73 bits per heavy atom. The Morgan fingerprint density at radius 1 is 1.04 bits per heavy atom. The van der Waals surface area contributed by atoms with E-state index in [0.717, 1.165) is 16.4 Å². The Balaban J connectivity index is 1.67. The van der Waals surface area contributed by atoms with Gasteiger partial charge in [-0.2, -0.15) is 5.10 Å². The molecule has 0 saturated heterocycles. The second-order valence-electron chi connectivity index (χ2n) is 6.10. The average Bonchev–Trinajstić information content (AvgIpc) is 3.14. The second-order valence-corrected chi connectivity index (χ2v) is 6.10. The standard InChI is InChI=1S/C19H17N5O2/c1-12(25)19-20-14-8-4-6-10-16(14)24(19)11-17(26)21-18-13-7-3-5-9-15(13)23(2)22-18/h3-10H,11H2,1-2H3,(H,21,22,26). The van der Waals surface area contributed by atoms with Crippen LogP contribution < -0.4 is 5.32 Å². The summed E-state index contributed by atoms with van der Waals surface area (Å²) < 4.78 is 3.36. The molecule has 0 saturated carbocycles. The molecule has 2 aromatic carbocycles. The van der Waals surface area contributed by atoms with Crippen molar-refractivity contribution < 1.29 is 9.59 Å². The Morgan fingerprint density at radius 3 is 2.50 bits per heavy atom. The van der Waals surface area contributed by atoms with E-state index in [2.05, 4.69) is 15.4 Å². The van der Waals surface area contributed by atoms with Gasteiger partial charge in [-0.3, -0.25) is 14.3 Å². The summed E-state index contributed by atoms with van der Waals surface area (Å²) in [5.41, 5.74) is 2.37. The number of anilines is 1. The van der Waals surface area contributed by atoms with Gasteiger partial charge in [-0.25, -0.2) is 4.98 Å². The number of carbonyl (C=O) groups is 2. The van der Waals surface area contributed by atoms with E-state index in [1.54, 1.807) is 9.25 Å². The van der Waals surface area contributed by atoms with Crippen LogP contribution in [0.1, 0.15) is 17.5 Å². The van der Waals surface area contributed by atoms with E-state index in [-0.39, 0.29) is 24.1 Å². The van der Waals surface area contributed by atoms with Crippen molar-refractivity contribution in [1.29, 1.82) is 0 Å². The van der Waals surface area contributed by atoms with Gasteiger partial charge in [0, 0.05) is 19.4 Å². The fraction of sp³-hybridized carbons (Fsp3) is 0.158. The quantitative estimate of drug-likeness (QED) is 0.576. The molecule has 2 aromatic heterocycles. The molecule has 26 heavy (non-hydrogen) atoms. The molecule has 1 amide bonds. The zero-order valence-corrected chi connectivity index (χ0v) is 14.4. The topological polar surface area (TPSA) is 81.8 Å². The number of nitrogens with zero attached hydrogens (tertiary/aromatic N) is 4. The van der Waals surface area contributed by atoms with Crippen LogP contribution in [0, 0.1) is 0 Å². The molecule has 7 nitrogen and oxygen atoms in total. The Kier molecular flexibility index (Phi) is 3.76. The molecule has 0 fully saturated rings. The summed E-state index contributed by atoms with van der Waals surface area (Å²) in [5.74, 6) is 0.325. The first-order chi connectivity index (χ1) is 12.5. The van der Waals surface area contributed by atoms with Crippen molar-refractivity contribution in [3.8, 4) is 0 Å². The van der Waals surface area contributed by atoms with Crippen molar-refractivity contribution in [3.63, 3.8) is 0 Å². The van der Waals surface area contributed by atoms with E-state index >= 15 is 0 Å². The van der Waals surface area contributed by atoms with Crippen molar-refractivity contribution in [2.75, 3.05) is 5.32 Å². The van der Waals surface area contributed by atoms with Gasteiger partial charge in [-0.05, 0) is 24.3 Å². The van der Waals surface area contributed by atoms with Crippen molar-refractivity contribution >= 4 is 39.4 Å². The van der Waals surface area contributed by atoms with Gasteiger partial charge in [-0.1, -0.05) is 24.3 Å². The number of aromatic nitrogens is 4. The van der Waals surface area contributed by atoms with E-state index in [9.17, 15) is 9.59 Å². The van der Waals surface area contributed by atoms with Gasteiger partial charge in [0.15, 0.2) is 17.4 Å². The third kappa shape index (κ3) is 2.63. The van der Waals surface area contributed by atoms with Crippen LogP contribution in [0.3, 0.4) is 0 Å². The summed E-state index contributed by atoms with van der Waals surface area (Å²) >= 11 is 0. The molecular weight excluding hydrogens is 330 g/mol. The van der Waals surface area contributed by atoms with E-state index in [1.807, 2.05) is 55.6 Å². The Hall–Kier alpha value is -3.48. The number of ketones is 1. The normalized spacial score (nSPS) is 11.2. The van der Waals surface area contributed by atoms with Crippen molar-refractivity contribution in [1.82, 2.24) is 19.3 Å². The number of para-hydroxylation sites is 3. The molecule has 0 radical (unpaired) electrons. The molecule has 130 valence electrons. The van der Waals surface area contributed by atoms with Crippen LogP contribution in [0.25, 0.3) is 21.9 Å². The number of hydrogen-bond acceptors (Lipinski definition) is 4. The Bertz CT molecular complexity index is 1160. The van der Waals surface area contributed by atoms with Crippen LogP contribution in [0.15, 0.2) is 48.5 Å². The van der Waals surface area contributed by atoms with Crippen molar-refractivity contribution in [2.45, 2.75) is 13.5 Å². The molecule has 0 atom stereocenters. The summed E-state index contributed by atoms with van der Waals surface area (Å²) in [7, 11) is 1.83. The molecule has 1 N–H and O–H groups in total. The van der Waals surface area contributed by atoms with E-state index in [4.69, 9.17) is 0 Å². The molecule has 2 heterocycles. The number of carbonyl (C=O) groups excluding carboxylic acids is 2. The first-order valence-corrected chi connectivity index (χ1v) is 8.22. The molecule has 0 aliphatic rings. The minimum absolute atomic E-state index is 0.0136.